The van der Waals surface area contributed by atoms with Crippen molar-refractivity contribution in [3.05, 3.63) is 46.4 Å². The zero-order valence-corrected chi connectivity index (χ0v) is 13.2. The third-order valence-corrected chi connectivity index (χ3v) is 3.28. The lowest BCUT2D eigenvalue weighted by Gasteiger charge is -2.18. The average Bonchev–Trinajstić information content (AvgIpc) is 2.43. The Labute approximate surface area is 129 Å². The van der Waals surface area contributed by atoms with E-state index in [9.17, 15) is 0 Å². The second-order valence-corrected chi connectivity index (χ2v) is 6.11. The lowest BCUT2D eigenvalue weighted by atomic mass is 9.96. The summed E-state index contributed by atoms with van der Waals surface area (Å²) in [6, 6.07) is 8.90. The minimum Gasteiger partial charge on any atom is -0.439 e. The van der Waals surface area contributed by atoms with E-state index in [2.05, 4.69) is 16.0 Å². The van der Waals surface area contributed by atoms with Crippen LogP contribution < -0.4 is 4.74 Å². The van der Waals surface area contributed by atoms with Crippen LogP contribution >= 0.6 is 11.6 Å². The molecule has 0 saturated carbocycles. The first-order chi connectivity index (χ1) is 9.81. The molecule has 108 valence electrons. The number of ether oxygens (including phenoxy) is 1. The number of benzene rings is 1. The Kier molecular flexibility index (Phi) is 4.15. The molecule has 0 radical (unpaired) electrons. The molecule has 2 aromatic rings. The van der Waals surface area contributed by atoms with Crippen molar-refractivity contribution in [1.82, 2.24) is 9.97 Å². The Hall–Kier alpha value is -2.12. The van der Waals surface area contributed by atoms with E-state index >= 15 is 0 Å². The van der Waals surface area contributed by atoms with E-state index in [4.69, 9.17) is 21.6 Å². The van der Waals surface area contributed by atoms with Crippen molar-refractivity contribution in [1.29, 1.82) is 5.26 Å². The molecule has 5 heteroatoms. The van der Waals surface area contributed by atoms with Gasteiger partial charge in [0, 0.05) is 11.0 Å². The van der Waals surface area contributed by atoms with Crippen LogP contribution in [0.4, 0.5) is 0 Å². The maximum Gasteiger partial charge on any atom is 0.227 e. The van der Waals surface area contributed by atoms with Crippen LogP contribution in [0.5, 0.6) is 11.6 Å². The van der Waals surface area contributed by atoms with Gasteiger partial charge in [0.1, 0.15) is 16.7 Å². The smallest absolute Gasteiger partial charge is 0.227 e. The van der Waals surface area contributed by atoms with Gasteiger partial charge in [0.2, 0.25) is 5.88 Å². The molecule has 1 aromatic carbocycles. The molecule has 0 aliphatic carbocycles. The average molecular weight is 302 g/mol. The fourth-order valence-electron chi connectivity index (χ4n) is 1.61. The molecule has 0 N–H and O–H groups in total. The number of nitriles is 1. The van der Waals surface area contributed by atoms with Gasteiger partial charge in [-0.2, -0.15) is 10.2 Å². The molecular formula is C16H16ClN3O. The van der Waals surface area contributed by atoms with Gasteiger partial charge in [-0.15, -0.1) is 0 Å². The number of rotatable bonds is 2. The number of hydrogen-bond acceptors (Lipinski definition) is 4. The number of nitrogens with zero attached hydrogens (tertiary/aromatic N) is 3. The van der Waals surface area contributed by atoms with Crippen molar-refractivity contribution < 1.29 is 4.74 Å². The molecule has 0 fully saturated rings. The molecule has 0 spiro atoms. The van der Waals surface area contributed by atoms with Gasteiger partial charge < -0.3 is 4.74 Å². The normalized spacial score (nSPS) is 11.0. The quantitative estimate of drug-likeness (QED) is 0.771. The van der Waals surface area contributed by atoms with Crippen LogP contribution in [0.2, 0.25) is 5.15 Å². The molecule has 0 atom stereocenters. The Morgan fingerprint density at radius 2 is 1.76 bits per heavy atom. The summed E-state index contributed by atoms with van der Waals surface area (Å²) in [5, 5.41) is 9.18. The summed E-state index contributed by atoms with van der Waals surface area (Å²) in [5.41, 5.74) is 1.05. The number of hydrogen-bond donors (Lipinski definition) is 0. The highest BCUT2D eigenvalue weighted by molar-refractivity contribution is 6.30. The molecule has 0 saturated heterocycles. The second-order valence-electron chi connectivity index (χ2n) is 5.76. The zero-order chi connectivity index (χ0) is 15.6. The van der Waals surface area contributed by atoms with Crippen LogP contribution in [0.15, 0.2) is 24.3 Å². The fourth-order valence-corrected chi connectivity index (χ4v) is 1.77. The van der Waals surface area contributed by atoms with Gasteiger partial charge in [0.15, 0.2) is 0 Å². The van der Waals surface area contributed by atoms with E-state index in [-0.39, 0.29) is 5.41 Å². The van der Waals surface area contributed by atoms with Crippen LogP contribution in [0, 0.1) is 18.3 Å². The summed E-state index contributed by atoms with van der Waals surface area (Å²) in [6.07, 6.45) is 0. The Balaban J connectivity index is 2.39. The van der Waals surface area contributed by atoms with E-state index in [0.717, 1.165) is 0 Å². The minimum atomic E-state index is -0.222. The lowest BCUT2D eigenvalue weighted by molar-refractivity contribution is 0.442. The molecular weight excluding hydrogens is 286 g/mol. The summed E-state index contributed by atoms with van der Waals surface area (Å²) in [4.78, 5) is 8.76. The Morgan fingerprint density at radius 3 is 2.29 bits per heavy atom. The highest BCUT2D eigenvalue weighted by atomic mass is 35.5. The highest BCUT2D eigenvalue weighted by Gasteiger charge is 2.21. The van der Waals surface area contributed by atoms with Gasteiger partial charge in [-0.1, -0.05) is 32.4 Å². The van der Waals surface area contributed by atoms with Crippen molar-refractivity contribution in [2.75, 3.05) is 0 Å². The first kappa shape index (κ1) is 15.3. The van der Waals surface area contributed by atoms with Crippen molar-refractivity contribution in [2.24, 2.45) is 0 Å². The zero-order valence-electron chi connectivity index (χ0n) is 12.4. The van der Waals surface area contributed by atoms with Crippen LogP contribution in [0.3, 0.4) is 0 Å². The molecule has 1 aromatic heterocycles. The van der Waals surface area contributed by atoms with Crippen molar-refractivity contribution in [2.45, 2.75) is 33.1 Å². The summed E-state index contributed by atoms with van der Waals surface area (Å²) in [5.74, 6) is 1.66. The fraction of sp³-hybridized carbons (Fsp3) is 0.312. The van der Waals surface area contributed by atoms with Crippen LogP contribution in [-0.2, 0) is 5.41 Å². The predicted octanol–water partition coefficient (Wildman–Crippen LogP) is 4.40. The molecule has 4 nitrogen and oxygen atoms in total. The predicted molar refractivity (Wildman–Crippen MR) is 81.7 cm³/mol. The Bertz CT molecular complexity index is 697. The van der Waals surface area contributed by atoms with E-state index in [0.29, 0.717) is 33.7 Å². The number of aromatic nitrogens is 2. The Morgan fingerprint density at radius 1 is 1.14 bits per heavy atom. The number of halogens is 1. The standard InChI is InChI=1S/C16H16ClN3O/c1-10-13(17)19-15(16(2,3)4)20-14(10)21-12-7-5-11(9-18)6-8-12/h5-8H,1-4H3. The topological polar surface area (TPSA) is 58.8 Å². The first-order valence-electron chi connectivity index (χ1n) is 6.54. The molecule has 2 rings (SSSR count). The molecule has 0 bridgehead atoms. The first-order valence-corrected chi connectivity index (χ1v) is 6.91. The third-order valence-electron chi connectivity index (χ3n) is 2.91. The SMILES string of the molecule is Cc1c(Cl)nc(C(C)(C)C)nc1Oc1ccc(C#N)cc1. The summed E-state index contributed by atoms with van der Waals surface area (Å²) in [6.45, 7) is 7.85. The van der Waals surface area contributed by atoms with Gasteiger partial charge in [0.05, 0.1) is 11.6 Å². The second kappa shape index (κ2) is 5.71. The van der Waals surface area contributed by atoms with E-state index in [1.54, 1.807) is 24.3 Å². The lowest BCUT2D eigenvalue weighted by Crippen LogP contribution is -2.17. The van der Waals surface area contributed by atoms with Gasteiger partial charge in [-0.3, -0.25) is 0 Å². The molecule has 1 heterocycles. The third kappa shape index (κ3) is 3.50. The van der Waals surface area contributed by atoms with Gasteiger partial charge in [-0.25, -0.2) is 4.98 Å². The monoisotopic (exact) mass is 301 g/mol. The maximum atomic E-state index is 8.80. The van der Waals surface area contributed by atoms with E-state index in [1.165, 1.54) is 0 Å². The van der Waals surface area contributed by atoms with Gasteiger partial charge in [-0.05, 0) is 31.2 Å². The summed E-state index contributed by atoms with van der Waals surface area (Å²) < 4.78 is 5.78. The van der Waals surface area contributed by atoms with Crippen molar-refractivity contribution >= 4 is 11.6 Å². The molecule has 0 aliphatic heterocycles. The van der Waals surface area contributed by atoms with Crippen molar-refractivity contribution in [3.63, 3.8) is 0 Å². The van der Waals surface area contributed by atoms with Gasteiger partial charge >= 0.3 is 0 Å². The summed E-state index contributed by atoms with van der Waals surface area (Å²) >= 11 is 6.16. The van der Waals surface area contributed by atoms with Crippen LogP contribution in [0.25, 0.3) is 0 Å². The molecule has 0 aliphatic rings. The highest BCUT2D eigenvalue weighted by Crippen LogP contribution is 2.30. The van der Waals surface area contributed by atoms with Crippen LogP contribution in [0.1, 0.15) is 37.7 Å². The van der Waals surface area contributed by atoms with E-state index in [1.807, 2.05) is 27.7 Å². The summed E-state index contributed by atoms with van der Waals surface area (Å²) in [7, 11) is 0. The minimum absolute atomic E-state index is 0.222. The molecule has 21 heavy (non-hydrogen) atoms. The molecule has 0 unspecified atom stereocenters. The van der Waals surface area contributed by atoms with Gasteiger partial charge in [0.25, 0.3) is 0 Å². The van der Waals surface area contributed by atoms with Crippen LogP contribution in [-0.4, -0.2) is 9.97 Å². The largest absolute Gasteiger partial charge is 0.439 e. The molecule has 0 amide bonds. The van der Waals surface area contributed by atoms with E-state index < -0.39 is 0 Å². The van der Waals surface area contributed by atoms with Crippen molar-refractivity contribution in [3.8, 4) is 17.7 Å². The maximum absolute atomic E-state index is 8.80.